The molecule has 0 atom stereocenters. The second-order valence-corrected chi connectivity index (χ2v) is 8.42. The Labute approximate surface area is 161 Å². The summed E-state index contributed by atoms with van der Waals surface area (Å²) in [5, 5.41) is 1.04. The molecule has 1 aliphatic rings. The summed E-state index contributed by atoms with van der Waals surface area (Å²) >= 11 is 0. The molecule has 0 fully saturated rings. The fraction of sp³-hybridized carbons (Fsp3) is 0.320. The Hall–Kier alpha value is -2.61. The van der Waals surface area contributed by atoms with Crippen molar-refractivity contribution in [2.45, 2.75) is 46.6 Å². The smallest absolute Gasteiger partial charge is 0.195 e. The van der Waals surface area contributed by atoms with Crippen molar-refractivity contribution in [2.24, 2.45) is 5.41 Å². The van der Waals surface area contributed by atoms with Gasteiger partial charge in [0.15, 0.2) is 5.78 Å². The summed E-state index contributed by atoms with van der Waals surface area (Å²) in [6.07, 6.45) is 9.52. The Balaban J connectivity index is 1.73. The molecule has 0 N–H and O–H groups in total. The first kappa shape index (κ1) is 17.8. The van der Waals surface area contributed by atoms with Crippen LogP contribution < -0.4 is 0 Å². The van der Waals surface area contributed by atoms with Crippen LogP contribution in [0.5, 0.6) is 0 Å². The Bertz CT molecular complexity index is 1040. The Kier molecular flexibility index (Phi) is 4.51. The Morgan fingerprint density at radius 3 is 2.67 bits per heavy atom. The lowest BCUT2D eigenvalue weighted by Crippen LogP contribution is -2.09. The normalized spacial score (nSPS) is 15.5. The first-order chi connectivity index (χ1) is 13.0. The maximum absolute atomic E-state index is 13.3. The molecule has 27 heavy (non-hydrogen) atoms. The zero-order valence-electron chi connectivity index (χ0n) is 16.5. The minimum absolute atomic E-state index is 0.122. The highest BCUT2D eigenvalue weighted by atomic mass is 16.1. The molecule has 0 aliphatic heterocycles. The number of aromatic nitrogens is 1. The molecule has 0 radical (unpaired) electrons. The molecule has 0 amide bonds. The number of para-hydroxylation sites is 1. The van der Waals surface area contributed by atoms with Gasteiger partial charge in [0, 0.05) is 34.8 Å². The topological polar surface area (TPSA) is 22.0 Å². The van der Waals surface area contributed by atoms with Crippen LogP contribution in [0.15, 0.2) is 60.8 Å². The molecule has 1 aromatic heterocycles. The number of benzene rings is 2. The van der Waals surface area contributed by atoms with Crippen molar-refractivity contribution in [3.05, 3.63) is 83.1 Å². The van der Waals surface area contributed by atoms with Gasteiger partial charge in [-0.05, 0) is 47.9 Å². The maximum atomic E-state index is 13.3. The largest absolute Gasteiger partial charge is 0.343 e. The van der Waals surface area contributed by atoms with Crippen LogP contribution in [0.25, 0.3) is 10.9 Å². The lowest BCUT2D eigenvalue weighted by Gasteiger charge is -2.14. The van der Waals surface area contributed by atoms with E-state index in [1.807, 2.05) is 24.4 Å². The Morgan fingerprint density at radius 2 is 1.85 bits per heavy atom. The molecule has 1 aliphatic carbocycles. The second kappa shape index (κ2) is 6.84. The third kappa shape index (κ3) is 3.37. The lowest BCUT2D eigenvalue weighted by molar-refractivity contribution is 0.104. The van der Waals surface area contributed by atoms with Gasteiger partial charge >= 0.3 is 0 Å². The maximum Gasteiger partial charge on any atom is 0.195 e. The van der Waals surface area contributed by atoms with E-state index in [0.29, 0.717) is 5.41 Å². The van der Waals surface area contributed by atoms with Crippen molar-refractivity contribution < 1.29 is 4.79 Å². The highest BCUT2D eigenvalue weighted by molar-refractivity contribution is 6.16. The van der Waals surface area contributed by atoms with Crippen molar-refractivity contribution in [1.82, 2.24) is 4.57 Å². The van der Waals surface area contributed by atoms with Gasteiger partial charge in [-0.1, -0.05) is 63.3 Å². The molecule has 2 aromatic carbocycles. The molecule has 0 unspecified atom stereocenters. The van der Waals surface area contributed by atoms with Crippen molar-refractivity contribution in [1.29, 1.82) is 0 Å². The number of carbonyl (C=O) groups is 1. The van der Waals surface area contributed by atoms with E-state index < -0.39 is 0 Å². The minimum atomic E-state index is 0.122. The quantitative estimate of drug-likeness (QED) is 0.408. The van der Waals surface area contributed by atoms with Gasteiger partial charge in [0.05, 0.1) is 0 Å². The van der Waals surface area contributed by atoms with Crippen molar-refractivity contribution in [3.63, 3.8) is 0 Å². The summed E-state index contributed by atoms with van der Waals surface area (Å²) in [7, 11) is 0. The predicted octanol–water partition coefficient (Wildman–Crippen LogP) is 5.96. The molecule has 3 aromatic rings. The average Bonchev–Trinajstić information content (AvgIpc) is 3.17. The second-order valence-electron chi connectivity index (χ2n) is 8.42. The molecule has 1 heterocycles. The van der Waals surface area contributed by atoms with E-state index in [0.717, 1.165) is 47.8 Å². The van der Waals surface area contributed by atoms with Gasteiger partial charge in [0.1, 0.15) is 0 Å². The van der Waals surface area contributed by atoms with E-state index in [1.54, 1.807) is 0 Å². The molecule has 4 rings (SSSR count). The van der Waals surface area contributed by atoms with E-state index >= 15 is 0 Å². The first-order valence-electron chi connectivity index (χ1n) is 9.88. The highest BCUT2D eigenvalue weighted by Crippen LogP contribution is 2.37. The van der Waals surface area contributed by atoms with Crippen molar-refractivity contribution in [3.8, 4) is 0 Å². The fourth-order valence-electron chi connectivity index (χ4n) is 4.29. The summed E-state index contributed by atoms with van der Waals surface area (Å²) in [6.45, 7) is 7.52. The van der Waals surface area contributed by atoms with E-state index in [-0.39, 0.29) is 5.78 Å². The Morgan fingerprint density at radius 1 is 1.07 bits per heavy atom. The summed E-state index contributed by atoms with van der Waals surface area (Å²) in [6, 6.07) is 14.5. The van der Waals surface area contributed by atoms with E-state index in [9.17, 15) is 4.79 Å². The molecule has 0 saturated heterocycles. The summed E-state index contributed by atoms with van der Waals surface area (Å²) < 4.78 is 2.17. The van der Waals surface area contributed by atoms with Gasteiger partial charge in [-0.25, -0.2) is 0 Å². The predicted molar refractivity (Wildman–Crippen MR) is 112 cm³/mol. The van der Waals surface area contributed by atoms with Crippen molar-refractivity contribution in [2.75, 3.05) is 0 Å². The number of allylic oxidation sites excluding steroid dienone is 2. The van der Waals surface area contributed by atoms with Gasteiger partial charge in [-0.15, -0.1) is 0 Å². The number of fused-ring (bicyclic) bond motifs is 2. The van der Waals surface area contributed by atoms with E-state index in [4.69, 9.17) is 0 Å². The molecule has 138 valence electrons. The zero-order valence-corrected chi connectivity index (χ0v) is 16.5. The van der Waals surface area contributed by atoms with Gasteiger partial charge in [-0.3, -0.25) is 4.79 Å². The van der Waals surface area contributed by atoms with Crippen LogP contribution in [0.2, 0.25) is 0 Å². The SMILES string of the molecule is CC/C=C/Cn1cc(C(=O)c2ccc3c(c2)CC(C)(C)C3)c2ccccc21. The van der Waals surface area contributed by atoms with Gasteiger partial charge in [0.2, 0.25) is 0 Å². The highest BCUT2D eigenvalue weighted by Gasteiger charge is 2.29. The average molecular weight is 357 g/mol. The number of hydrogen-bond acceptors (Lipinski definition) is 1. The number of nitrogens with zero attached hydrogens (tertiary/aromatic N) is 1. The third-order valence-corrected chi connectivity index (χ3v) is 5.54. The minimum Gasteiger partial charge on any atom is -0.343 e. The summed E-state index contributed by atoms with van der Waals surface area (Å²) in [5.41, 5.74) is 5.74. The first-order valence-corrected chi connectivity index (χ1v) is 9.88. The van der Waals surface area contributed by atoms with Crippen LogP contribution >= 0.6 is 0 Å². The van der Waals surface area contributed by atoms with Crippen LogP contribution in [0.1, 0.15) is 54.2 Å². The molecule has 0 spiro atoms. The molecular weight excluding hydrogens is 330 g/mol. The monoisotopic (exact) mass is 357 g/mol. The van der Waals surface area contributed by atoms with Crippen LogP contribution in [0.4, 0.5) is 0 Å². The van der Waals surface area contributed by atoms with Crippen LogP contribution in [0.3, 0.4) is 0 Å². The van der Waals surface area contributed by atoms with Gasteiger partial charge in [-0.2, -0.15) is 0 Å². The number of carbonyl (C=O) groups excluding carboxylic acids is 1. The number of ketones is 1. The van der Waals surface area contributed by atoms with Crippen molar-refractivity contribution >= 4 is 16.7 Å². The molecule has 0 saturated carbocycles. The molecule has 2 heteroatoms. The van der Waals surface area contributed by atoms with Gasteiger partial charge < -0.3 is 4.57 Å². The van der Waals surface area contributed by atoms with Crippen LogP contribution in [-0.4, -0.2) is 10.4 Å². The molecular formula is C25H27NO. The van der Waals surface area contributed by atoms with E-state index in [1.165, 1.54) is 11.1 Å². The van der Waals surface area contributed by atoms with Gasteiger partial charge in [0.25, 0.3) is 0 Å². The van der Waals surface area contributed by atoms with Crippen LogP contribution in [-0.2, 0) is 19.4 Å². The summed E-state index contributed by atoms with van der Waals surface area (Å²) in [4.78, 5) is 13.3. The standard InChI is InChI=1S/C25H27NO/c1-4-5-8-13-26-17-22(21-9-6-7-10-23(21)26)24(27)18-11-12-19-15-25(2,3)16-20(19)14-18/h5-12,14,17H,4,13,15-16H2,1-3H3/b8-5+. The summed E-state index contributed by atoms with van der Waals surface area (Å²) in [5.74, 6) is 0.122. The van der Waals surface area contributed by atoms with E-state index in [2.05, 4.69) is 61.8 Å². The lowest BCUT2D eigenvalue weighted by atomic mass is 9.90. The number of hydrogen-bond donors (Lipinski definition) is 0. The molecule has 2 nitrogen and oxygen atoms in total. The van der Waals surface area contributed by atoms with Crippen LogP contribution in [0, 0.1) is 5.41 Å². The fourth-order valence-corrected chi connectivity index (χ4v) is 4.29. The third-order valence-electron chi connectivity index (χ3n) is 5.54. The zero-order chi connectivity index (χ0) is 19.0. The molecule has 0 bridgehead atoms. The number of rotatable bonds is 5.